The Morgan fingerprint density at radius 2 is 1.70 bits per heavy atom. The fraction of sp³-hybridized carbons (Fsp3) is 0.222. The molecule has 0 atom stereocenters. The summed E-state index contributed by atoms with van der Waals surface area (Å²) >= 11 is 1.79. The fourth-order valence-electron chi connectivity index (χ4n) is 2.76. The molecule has 20 heavy (non-hydrogen) atoms. The average Bonchev–Trinajstić information content (AvgIpc) is 2.84. The van der Waals surface area contributed by atoms with Gasteiger partial charge in [-0.3, -0.25) is 0 Å². The number of nitrogens with one attached hydrogen (secondary N) is 1. The Balaban J connectivity index is 1.82. The predicted molar refractivity (Wildman–Crippen MR) is 89.8 cm³/mol. The van der Waals surface area contributed by atoms with E-state index in [4.69, 9.17) is 0 Å². The number of rotatable bonds is 3. The van der Waals surface area contributed by atoms with Crippen molar-refractivity contribution < 1.29 is 0 Å². The lowest BCUT2D eigenvalue weighted by molar-refractivity contribution is 1.08. The van der Waals surface area contributed by atoms with Gasteiger partial charge in [0.1, 0.15) is 0 Å². The number of aryl methyl sites for hydroxylation is 3. The first-order valence-corrected chi connectivity index (χ1v) is 7.79. The lowest BCUT2D eigenvalue weighted by Gasteiger charge is -2.13. The van der Waals surface area contributed by atoms with Crippen molar-refractivity contribution in [3.05, 3.63) is 64.0 Å². The molecule has 0 aliphatic heterocycles. The van der Waals surface area contributed by atoms with Gasteiger partial charge in [0.15, 0.2) is 0 Å². The first kappa shape index (κ1) is 13.2. The monoisotopic (exact) mass is 281 g/mol. The number of thiophene rings is 1. The summed E-state index contributed by atoms with van der Waals surface area (Å²) in [5.74, 6) is 0. The summed E-state index contributed by atoms with van der Waals surface area (Å²) < 4.78 is 1.35. The van der Waals surface area contributed by atoms with Crippen LogP contribution in [-0.4, -0.2) is 0 Å². The van der Waals surface area contributed by atoms with Gasteiger partial charge >= 0.3 is 0 Å². The highest BCUT2D eigenvalue weighted by molar-refractivity contribution is 7.17. The quantitative estimate of drug-likeness (QED) is 0.674. The van der Waals surface area contributed by atoms with E-state index in [9.17, 15) is 0 Å². The Kier molecular flexibility index (Phi) is 3.49. The summed E-state index contributed by atoms with van der Waals surface area (Å²) in [7, 11) is 0. The average molecular weight is 281 g/mol. The van der Waals surface area contributed by atoms with Gasteiger partial charge in [0, 0.05) is 16.9 Å². The third-order valence-electron chi connectivity index (χ3n) is 3.76. The van der Waals surface area contributed by atoms with Gasteiger partial charge in [-0.25, -0.2) is 0 Å². The molecule has 3 aromatic rings. The Bertz CT molecular complexity index is 732. The summed E-state index contributed by atoms with van der Waals surface area (Å²) in [6.45, 7) is 7.42. The Labute approximate surface area is 124 Å². The number of benzene rings is 2. The zero-order valence-corrected chi connectivity index (χ0v) is 13.0. The molecule has 0 aliphatic carbocycles. The third-order valence-corrected chi connectivity index (χ3v) is 4.66. The molecule has 2 aromatic carbocycles. The van der Waals surface area contributed by atoms with Gasteiger partial charge < -0.3 is 5.32 Å². The van der Waals surface area contributed by atoms with E-state index < -0.39 is 0 Å². The van der Waals surface area contributed by atoms with Crippen molar-refractivity contribution in [2.75, 3.05) is 5.32 Å². The van der Waals surface area contributed by atoms with E-state index in [2.05, 4.69) is 67.9 Å². The molecular formula is C18H19NS. The molecule has 0 bridgehead atoms. The van der Waals surface area contributed by atoms with E-state index in [0.717, 1.165) is 6.54 Å². The summed E-state index contributed by atoms with van der Waals surface area (Å²) in [6, 6.07) is 13.3. The minimum absolute atomic E-state index is 0.883. The molecule has 0 spiro atoms. The second kappa shape index (κ2) is 5.29. The number of hydrogen-bond donors (Lipinski definition) is 1. The molecule has 0 fully saturated rings. The van der Waals surface area contributed by atoms with E-state index >= 15 is 0 Å². The van der Waals surface area contributed by atoms with Gasteiger partial charge in [-0.1, -0.05) is 17.7 Å². The molecule has 0 unspecified atom stereocenters. The Hall–Kier alpha value is -1.80. The van der Waals surface area contributed by atoms with Crippen molar-refractivity contribution in [3.63, 3.8) is 0 Å². The summed E-state index contributed by atoms with van der Waals surface area (Å²) in [6.07, 6.45) is 0. The minimum Gasteiger partial charge on any atom is -0.381 e. The van der Waals surface area contributed by atoms with E-state index in [1.165, 1.54) is 38.0 Å². The first-order valence-electron chi connectivity index (χ1n) is 6.91. The fourth-order valence-corrected chi connectivity index (χ4v) is 3.53. The van der Waals surface area contributed by atoms with E-state index in [-0.39, 0.29) is 0 Å². The second-order valence-corrected chi connectivity index (χ2v) is 6.35. The maximum absolute atomic E-state index is 3.55. The van der Waals surface area contributed by atoms with Gasteiger partial charge in [-0.05, 0) is 72.5 Å². The lowest BCUT2D eigenvalue weighted by atomic mass is 10.00. The second-order valence-electron chi connectivity index (χ2n) is 5.40. The molecular weight excluding hydrogens is 262 g/mol. The van der Waals surface area contributed by atoms with Crippen LogP contribution in [0.3, 0.4) is 0 Å². The van der Waals surface area contributed by atoms with Crippen LogP contribution in [0.2, 0.25) is 0 Å². The van der Waals surface area contributed by atoms with Crippen LogP contribution in [0.5, 0.6) is 0 Å². The smallest absolute Gasteiger partial charge is 0.0406 e. The Morgan fingerprint density at radius 3 is 2.45 bits per heavy atom. The van der Waals surface area contributed by atoms with E-state index in [1.807, 2.05) is 0 Å². The van der Waals surface area contributed by atoms with Crippen molar-refractivity contribution in [1.29, 1.82) is 0 Å². The number of anilines is 1. The minimum atomic E-state index is 0.883. The SMILES string of the molecule is Cc1cc(C)c(CNc2ccc3sccc3c2)c(C)c1. The molecule has 1 N–H and O–H groups in total. The molecule has 0 amide bonds. The molecule has 1 nitrogen and oxygen atoms in total. The van der Waals surface area contributed by atoms with Crippen LogP contribution >= 0.6 is 11.3 Å². The maximum Gasteiger partial charge on any atom is 0.0406 e. The molecule has 2 heteroatoms. The van der Waals surface area contributed by atoms with Crippen molar-refractivity contribution in [2.45, 2.75) is 27.3 Å². The topological polar surface area (TPSA) is 12.0 Å². The van der Waals surface area contributed by atoms with Crippen LogP contribution in [0.1, 0.15) is 22.3 Å². The van der Waals surface area contributed by atoms with Crippen LogP contribution < -0.4 is 5.32 Å². The molecule has 0 saturated carbocycles. The highest BCUT2D eigenvalue weighted by atomic mass is 32.1. The van der Waals surface area contributed by atoms with Gasteiger partial charge in [0.25, 0.3) is 0 Å². The largest absolute Gasteiger partial charge is 0.381 e. The van der Waals surface area contributed by atoms with Crippen molar-refractivity contribution in [2.24, 2.45) is 0 Å². The van der Waals surface area contributed by atoms with Crippen molar-refractivity contribution >= 4 is 27.1 Å². The van der Waals surface area contributed by atoms with Crippen LogP contribution in [0, 0.1) is 20.8 Å². The lowest BCUT2D eigenvalue weighted by Crippen LogP contribution is -2.03. The zero-order valence-electron chi connectivity index (χ0n) is 12.2. The van der Waals surface area contributed by atoms with Crippen LogP contribution in [0.15, 0.2) is 41.8 Å². The maximum atomic E-state index is 3.55. The predicted octanol–water partition coefficient (Wildman–Crippen LogP) is 5.44. The molecule has 1 heterocycles. The molecule has 102 valence electrons. The molecule has 1 aromatic heterocycles. The molecule has 3 rings (SSSR count). The van der Waals surface area contributed by atoms with Gasteiger partial charge in [-0.15, -0.1) is 11.3 Å². The first-order chi connectivity index (χ1) is 9.63. The summed E-state index contributed by atoms with van der Waals surface area (Å²) in [4.78, 5) is 0. The van der Waals surface area contributed by atoms with Crippen LogP contribution in [0.4, 0.5) is 5.69 Å². The van der Waals surface area contributed by atoms with Gasteiger partial charge in [-0.2, -0.15) is 0 Å². The number of fused-ring (bicyclic) bond motifs is 1. The molecule has 0 aliphatic rings. The van der Waals surface area contributed by atoms with E-state index in [1.54, 1.807) is 11.3 Å². The highest BCUT2D eigenvalue weighted by Crippen LogP contribution is 2.25. The standard InChI is InChI=1S/C18H19NS/c1-12-8-13(2)17(14(3)9-12)11-19-16-4-5-18-15(10-16)6-7-20-18/h4-10,19H,11H2,1-3H3. The van der Waals surface area contributed by atoms with E-state index in [0.29, 0.717) is 0 Å². The summed E-state index contributed by atoms with van der Waals surface area (Å²) in [5.41, 5.74) is 6.66. The van der Waals surface area contributed by atoms with Crippen molar-refractivity contribution in [1.82, 2.24) is 0 Å². The molecule has 0 radical (unpaired) electrons. The van der Waals surface area contributed by atoms with Crippen LogP contribution in [0.25, 0.3) is 10.1 Å². The normalized spacial score (nSPS) is 10.9. The highest BCUT2D eigenvalue weighted by Gasteiger charge is 2.04. The summed E-state index contributed by atoms with van der Waals surface area (Å²) in [5, 5.41) is 7.01. The number of hydrogen-bond acceptors (Lipinski definition) is 2. The zero-order chi connectivity index (χ0) is 14.1. The van der Waals surface area contributed by atoms with Gasteiger partial charge in [0.2, 0.25) is 0 Å². The van der Waals surface area contributed by atoms with Gasteiger partial charge in [0.05, 0.1) is 0 Å². The Morgan fingerprint density at radius 1 is 0.950 bits per heavy atom. The van der Waals surface area contributed by atoms with Crippen molar-refractivity contribution in [3.8, 4) is 0 Å². The third kappa shape index (κ3) is 2.56. The van der Waals surface area contributed by atoms with Crippen LogP contribution in [-0.2, 0) is 6.54 Å². The molecule has 0 saturated heterocycles.